The summed E-state index contributed by atoms with van der Waals surface area (Å²) in [7, 11) is 0. The molecule has 0 amide bonds. The Morgan fingerprint density at radius 2 is 2.00 bits per heavy atom. The van der Waals surface area contributed by atoms with Crippen LogP contribution in [0.4, 0.5) is 5.13 Å². The number of hydrogen-bond donors (Lipinski definition) is 1. The number of thiazole rings is 1. The van der Waals surface area contributed by atoms with Crippen LogP contribution in [0.3, 0.4) is 0 Å². The predicted molar refractivity (Wildman–Crippen MR) is 82.1 cm³/mol. The van der Waals surface area contributed by atoms with Crippen LogP contribution < -0.4 is 5.32 Å². The number of para-hydroxylation sites is 1. The molecule has 2 aromatic heterocycles. The lowest BCUT2D eigenvalue weighted by molar-refractivity contribution is 0.552. The maximum Gasteiger partial charge on any atom is 0.184 e. The minimum atomic E-state index is 0.0699. The van der Waals surface area contributed by atoms with Gasteiger partial charge in [0.05, 0.1) is 16.3 Å². The van der Waals surface area contributed by atoms with Crippen molar-refractivity contribution in [2.75, 3.05) is 5.32 Å². The fourth-order valence-electron chi connectivity index (χ4n) is 2.14. The van der Waals surface area contributed by atoms with Gasteiger partial charge in [-0.3, -0.25) is 0 Å². The molecule has 1 aromatic carbocycles. The van der Waals surface area contributed by atoms with E-state index in [1.807, 2.05) is 18.2 Å². The number of fused-ring (bicyclic) bond motifs is 1. The van der Waals surface area contributed by atoms with Gasteiger partial charge in [-0.25, -0.2) is 4.98 Å². The second-order valence-electron chi connectivity index (χ2n) is 5.04. The maximum atomic E-state index is 4.59. The van der Waals surface area contributed by atoms with Crippen molar-refractivity contribution in [3.63, 3.8) is 0 Å². The molecule has 0 radical (unpaired) electrons. The number of hydrogen-bond acceptors (Lipinski definition) is 5. The summed E-state index contributed by atoms with van der Waals surface area (Å²) in [4.78, 5) is 4.59. The van der Waals surface area contributed by atoms with E-state index in [9.17, 15) is 0 Å². The highest BCUT2D eigenvalue weighted by molar-refractivity contribution is 7.22. The van der Waals surface area contributed by atoms with Crippen molar-refractivity contribution in [1.29, 1.82) is 0 Å². The Morgan fingerprint density at radius 3 is 2.75 bits per heavy atom. The largest absolute Gasteiger partial charge is 0.352 e. The van der Waals surface area contributed by atoms with Crippen LogP contribution in [0, 0.1) is 0 Å². The molecule has 3 rings (SSSR count). The summed E-state index contributed by atoms with van der Waals surface area (Å²) in [5.41, 5.74) is 1.03. The van der Waals surface area contributed by atoms with Crippen molar-refractivity contribution in [2.45, 2.75) is 32.9 Å². The van der Waals surface area contributed by atoms with Gasteiger partial charge >= 0.3 is 0 Å². The van der Waals surface area contributed by atoms with E-state index in [1.165, 1.54) is 4.70 Å². The van der Waals surface area contributed by atoms with Crippen LogP contribution in [0.1, 0.15) is 38.7 Å². The lowest BCUT2D eigenvalue weighted by Crippen LogP contribution is -2.14. The fourth-order valence-corrected chi connectivity index (χ4v) is 3.10. The lowest BCUT2D eigenvalue weighted by atomic mass is 10.3. The average Bonchev–Trinajstić information content (AvgIpc) is 3.04. The third-order valence-electron chi connectivity index (χ3n) is 3.18. The molecular formula is C14H17N5S. The molecule has 0 aliphatic heterocycles. The Morgan fingerprint density at radius 1 is 1.20 bits per heavy atom. The number of anilines is 1. The van der Waals surface area contributed by atoms with Crippen LogP contribution in [-0.2, 0) is 0 Å². The Hall–Kier alpha value is -1.95. The van der Waals surface area contributed by atoms with E-state index >= 15 is 0 Å². The fraction of sp³-hybridized carbons (Fsp3) is 0.357. The topological polar surface area (TPSA) is 55.6 Å². The van der Waals surface area contributed by atoms with Crippen molar-refractivity contribution in [3.8, 4) is 0 Å². The van der Waals surface area contributed by atoms with E-state index in [-0.39, 0.29) is 6.04 Å². The first-order valence-electron chi connectivity index (χ1n) is 6.66. The zero-order chi connectivity index (χ0) is 14.1. The number of nitrogens with zero attached hydrogens (tertiary/aromatic N) is 4. The number of aromatic nitrogens is 4. The molecule has 5 nitrogen and oxygen atoms in total. The SMILES string of the molecule is CC(Nc1nc2ccccc2s1)c1nncn1C(C)C. The summed E-state index contributed by atoms with van der Waals surface area (Å²) in [6.45, 7) is 6.32. The molecule has 0 aliphatic carbocycles. The van der Waals surface area contributed by atoms with Gasteiger partial charge in [-0.1, -0.05) is 23.5 Å². The van der Waals surface area contributed by atoms with Gasteiger partial charge in [0, 0.05) is 6.04 Å². The van der Waals surface area contributed by atoms with Gasteiger partial charge in [-0.2, -0.15) is 0 Å². The van der Waals surface area contributed by atoms with E-state index in [4.69, 9.17) is 0 Å². The first kappa shape index (κ1) is 13.1. The van der Waals surface area contributed by atoms with Crippen molar-refractivity contribution >= 4 is 26.7 Å². The van der Waals surface area contributed by atoms with Crippen molar-refractivity contribution in [3.05, 3.63) is 36.4 Å². The van der Waals surface area contributed by atoms with Crippen LogP contribution in [-0.4, -0.2) is 19.7 Å². The minimum Gasteiger partial charge on any atom is -0.352 e. The normalized spacial score (nSPS) is 13.0. The second kappa shape index (κ2) is 5.20. The molecule has 0 bridgehead atoms. The van der Waals surface area contributed by atoms with Gasteiger partial charge < -0.3 is 9.88 Å². The number of benzene rings is 1. The summed E-state index contributed by atoms with van der Waals surface area (Å²) in [5.74, 6) is 0.930. The molecule has 0 fully saturated rings. The summed E-state index contributed by atoms with van der Waals surface area (Å²) < 4.78 is 3.26. The second-order valence-corrected chi connectivity index (χ2v) is 6.07. The van der Waals surface area contributed by atoms with E-state index in [2.05, 4.69) is 51.9 Å². The molecule has 0 saturated heterocycles. The van der Waals surface area contributed by atoms with Crippen LogP contribution in [0.5, 0.6) is 0 Å². The molecule has 20 heavy (non-hydrogen) atoms. The zero-order valence-electron chi connectivity index (χ0n) is 11.7. The molecule has 0 spiro atoms. The summed E-state index contributed by atoms with van der Waals surface area (Å²) in [5, 5.41) is 12.5. The van der Waals surface area contributed by atoms with E-state index in [1.54, 1.807) is 17.7 Å². The number of rotatable bonds is 4. The van der Waals surface area contributed by atoms with Gasteiger partial charge in [0.2, 0.25) is 0 Å². The van der Waals surface area contributed by atoms with Crippen molar-refractivity contribution in [2.24, 2.45) is 0 Å². The van der Waals surface area contributed by atoms with Crippen molar-refractivity contribution in [1.82, 2.24) is 19.7 Å². The molecule has 0 aliphatic rings. The molecule has 104 valence electrons. The van der Waals surface area contributed by atoms with Crippen LogP contribution >= 0.6 is 11.3 Å². The molecule has 1 unspecified atom stereocenters. The molecule has 6 heteroatoms. The zero-order valence-corrected chi connectivity index (χ0v) is 12.6. The van der Waals surface area contributed by atoms with E-state index < -0.39 is 0 Å². The van der Waals surface area contributed by atoms with Crippen LogP contribution in [0.2, 0.25) is 0 Å². The van der Waals surface area contributed by atoms with Gasteiger partial charge in [0.15, 0.2) is 11.0 Å². The summed E-state index contributed by atoms with van der Waals surface area (Å²) in [6, 6.07) is 8.56. The third kappa shape index (κ3) is 2.38. The molecule has 0 saturated carbocycles. The molecule has 1 atom stereocenters. The molecule has 1 N–H and O–H groups in total. The highest BCUT2D eigenvalue weighted by atomic mass is 32.1. The van der Waals surface area contributed by atoms with Gasteiger partial charge in [-0.15, -0.1) is 10.2 Å². The first-order valence-corrected chi connectivity index (χ1v) is 7.48. The Kier molecular flexibility index (Phi) is 3.40. The summed E-state index contributed by atoms with van der Waals surface area (Å²) in [6.07, 6.45) is 1.77. The summed E-state index contributed by atoms with van der Waals surface area (Å²) >= 11 is 1.66. The minimum absolute atomic E-state index is 0.0699. The Labute approximate surface area is 121 Å². The first-order chi connectivity index (χ1) is 9.65. The van der Waals surface area contributed by atoms with Gasteiger partial charge in [0.1, 0.15) is 6.33 Å². The predicted octanol–water partition coefficient (Wildman–Crippen LogP) is 3.64. The van der Waals surface area contributed by atoms with Crippen LogP contribution in [0.25, 0.3) is 10.2 Å². The van der Waals surface area contributed by atoms with E-state index in [0.717, 1.165) is 16.5 Å². The van der Waals surface area contributed by atoms with Gasteiger partial charge in [0.25, 0.3) is 0 Å². The monoisotopic (exact) mass is 287 g/mol. The molecular weight excluding hydrogens is 270 g/mol. The van der Waals surface area contributed by atoms with E-state index in [0.29, 0.717) is 6.04 Å². The maximum absolute atomic E-state index is 4.59. The van der Waals surface area contributed by atoms with Crippen molar-refractivity contribution < 1.29 is 0 Å². The smallest absolute Gasteiger partial charge is 0.184 e. The highest BCUT2D eigenvalue weighted by Gasteiger charge is 2.16. The highest BCUT2D eigenvalue weighted by Crippen LogP contribution is 2.28. The quantitative estimate of drug-likeness (QED) is 0.796. The third-order valence-corrected chi connectivity index (χ3v) is 4.15. The van der Waals surface area contributed by atoms with Crippen LogP contribution in [0.15, 0.2) is 30.6 Å². The Bertz CT molecular complexity index is 682. The molecule has 3 aromatic rings. The molecule has 2 heterocycles. The Balaban J connectivity index is 1.84. The number of nitrogens with one attached hydrogen (secondary N) is 1. The lowest BCUT2D eigenvalue weighted by Gasteiger charge is -2.16. The standard InChI is InChI=1S/C14H17N5S/c1-9(2)19-8-15-18-13(19)10(3)16-14-17-11-6-4-5-7-12(11)20-14/h4-10H,1-3H3,(H,16,17). The average molecular weight is 287 g/mol. The van der Waals surface area contributed by atoms with Gasteiger partial charge in [-0.05, 0) is 32.9 Å².